The van der Waals surface area contributed by atoms with Crippen LogP contribution in [0.4, 0.5) is 11.4 Å². The summed E-state index contributed by atoms with van der Waals surface area (Å²) < 4.78 is 36.2. The third kappa shape index (κ3) is 4.07. The molecule has 1 aromatic carbocycles. The fourth-order valence-electron chi connectivity index (χ4n) is 3.41. The summed E-state index contributed by atoms with van der Waals surface area (Å²) in [5.41, 5.74) is 2.34. The number of rotatable bonds is 5. The summed E-state index contributed by atoms with van der Waals surface area (Å²) in [6.07, 6.45) is 0. The van der Waals surface area contributed by atoms with Gasteiger partial charge >= 0.3 is 0 Å². The molecule has 27 heavy (non-hydrogen) atoms. The molecule has 7 nitrogen and oxygen atoms in total. The van der Waals surface area contributed by atoms with Crippen molar-refractivity contribution in [3.63, 3.8) is 0 Å². The van der Waals surface area contributed by atoms with E-state index < -0.39 is 10.0 Å². The van der Waals surface area contributed by atoms with Gasteiger partial charge in [0.05, 0.1) is 36.0 Å². The van der Waals surface area contributed by atoms with E-state index in [1.54, 1.807) is 30.7 Å². The number of aryl methyl sites for hydroxylation is 1. The van der Waals surface area contributed by atoms with Gasteiger partial charge in [0, 0.05) is 24.2 Å². The second-order valence-electron chi connectivity index (χ2n) is 6.90. The molecule has 0 atom stereocenters. The van der Waals surface area contributed by atoms with Crippen LogP contribution in [0.25, 0.3) is 0 Å². The molecule has 1 fully saturated rings. The maximum Gasteiger partial charge on any atom is 0.265 e. The summed E-state index contributed by atoms with van der Waals surface area (Å²) in [6.45, 7) is 10.0. The number of anilines is 2. The minimum Gasteiger partial charge on any atom is -0.378 e. The van der Waals surface area contributed by atoms with Crippen LogP contribution in [-0.4, -0.2) is 44.5 Å². The lowest BCUT2D eigenvalue weighted by molar-refractivity contribution is 0.123. The average molecular weight is 413 g/mol. The molecule has 1 N–H and O–H groups in total. The summed E-state index contributed by atoms with van der Waals surface area (Å²) in [4.78, 5) is 2.30. The van der Waals surface area contributed by atoms with Crippen LogP contribution in [0, 0.1) is 13.8 Å². The molecule has 3 rings (SSSR count). The van der Waals surface area contributed by atoms with Crippen molar-refractivity contribution in [2.45, 2.75) is 38.6 Å². The van der Waals surface area contributed by atoms with Gasteiger partial charge in [-0.1, -0.05) is 11.6 Å². The van der Waals surface area contributed by atoms with Crippen molar-refractivity contribution < 1.29 is 13.2 Å². The molecule has 148 valence electrons. The zero-order valence-electron chi connectivity index (χ0n) is 16.0. The molecule has 0 unspecified atom stereocenters. The number of benzene rings is 1. The summed E-state index contributed by atoms with van der Waals surface area (Å²) in [7, 11) is -3.82. The Hall–Kier alpha value is -1.77. The van der Waals surface area contributed by atoms with Gasteiger partial charge in [0.25, 0.3) is 10.0 Å². The molecule has 9 heteroatoms. The van der Waals surface area contributed by atoms with Crippen molar-refractivity contribution in [3.05, 3.63) is 34.6 Å². The van der Waals surface area contributed by atoms with E-state index in [9.17, 15) is 8.42 Å². The highest BCUT2D eigenvalue weighted by Gasteiger charge is 2.27. The molecule has 1 saturated heterocycles. The molecule has 2 heterocycles. The number of nitrogens with zero attached hydrogens (tertiary/aromatic N) is 3. The first-order valence-electron chi connectivity index (χ1n) is 8.91. The number of morpholine rings is 1. The molecule has 0 aliphatic carbocycles. The number of hydrogen-bond donors (Lipinski definition) is 1. The van der Waals surface area contributed by atoms with Crippen LogP contribution in [0.3, 0.4) is 0 Å². The van der Waals surface area contributed by atoms with Gasteiger partial charge in [-0.2, -0.15) is 5.10 Å². The van der Waals surface area contributed by atoms with Crippen LogP contribution in [0.15, 0.2) is 23.1 Å². The van der Waals surface area contributed by atoms with E-state index >= 15 is 0 Å². The van der Waals surface area contributed by atoms with Crippen LogP contribution in [0.1, 0.15) is 31.3 Å². The van der Waals surface area contributed by atoms with Gasteiger partial charge in [-0.15, -0.1) is 0 Å². The van der Waals surface area contributed by atoms with E-state index in [4.69, 9.17) is 16.3 Å². The number of halogens is 1. The standard InChI is InChI=1S/C18H25ClN4O3S/c1-12(2)23-14(4)18(13(3)20-23)27(24,25)21-16-11-15(19)5-6-17(16)22-7-9-26-10-8-22/h5-6,11-12,21H,7-10H2,1-4H3. The van der Waals surface area contributed by atoms with Crippen LogP contribution in [0.2, 0.25) is 5.02 Å². The highest BCUT2D eigenvalue weighted by atomic mass is 35.5. The minimum atomic E-state index is -3.82. The fourth-order valence-corrected chi connectivity index (χ4v) is 5.04. The summed E-state index contributed by atoms with van der Waals surface area (Å²) >= 11 is 6.14. The molecular weight excluding hydrogens is 388 g/mol. The van der Waals surface area contributed by atoms with Crippen molar-refractivity contribution in [1.29, 1.82) is 0 Å². The molecule has 1 aliphatic heterocycles. The number of hydrogen-bond acceptors (Lipinski definition) is 5. The van der Waals surface area contributed by atoms with E-state index in [1.165, 1.54) is 0 Å². The Labute approximate surface area is 165 Å². The second kappa shape index (κ2) is 7.69. The molecule has 0 amide bonds. The Morgan fingerprint density at radius 1 is 1.22 bits per heavy atom. The monoisotopic (exact) mass is 412 g/mol. The van der Waals surface area contributed by atoms with Crippen molar-refractivity contribution in [2.24, 2.45) is 0 Å². The van der Waals surface area contributed by atoms with Gasteiger partial charge < -0.3 is 9.64 Å². The average Bonchev–Trinajstić information content (AvgIpc) is 2.91. The van der Waals surface area contributed by atoms with Crippen LogP contribution in [-0.2, 0) is 14.8 Å². The first-order valence-corrected chi connectivity index (χ1v) is 10.8. The summed E-state index contributed by atoms with van der Waals surface area (Å²) in [5.74, 6) is 0. The molecule has 0 spiro atoms. The third-order valence-corrected chi connectivity index (χ3v) is 6.42. The highest BCUT2D eigenvalue weighted by Crippen LogP contribution is 2.33. The van der Waals surface area contributed by atoms with Gasteiger partial charge in [0.2, 0.25) is 0 Å². The van der Waals surface area contributed by atoms with Crippen LogP contribution >= 0.6 is 11.6 Å². The number of ether oxygens (including phenoxy) is 1. The van der Waals surface area contributed by atoms with Crippen LogP contribution < -0.4 is 9.62 Å². The van der Waals surface area contributed by atoms with Crippen LogP contribution in [0.5, 0.6) is 0 Å². The van der Waals surface area contributed by atoms with E-state index in [-0.39, 0.29) is 10.9 Å². The lowest BCUT2D eigenvalue weighted by atomic mass is 10.2. The number of sulfonamides is 1. The zero-order chi connectivity index (χ0) is 19.8. The Morgan fingerprint density at radius 3 is 2.48 bits per heavy atom. The smallest absolute Gasteiger partial charge is 0.265 e. The van der Waals surface area contributed by atoms with E-state index in [0.717, 1.165) is 5.69 Å². The predicted molar refractivity (Wildman–Crippen MR) is 107 cm³/mol. The van der Waals surface area contributed by atoms with Gasteiger partial charge in [0.15, 0.2) is 0 Å². The largest absolute Gasteiger partial charge is 0.378 e. The van der Waals surface area contributed by atoms with E-state index in [0.29, 0.717) is 48.4 Å². The Kier molecular flexibility index (Phi) is 5.69. The number of nitrogens with one attached hydrogen (secondary N) is 1. The second-order valence-corrected chi connectivity index (χ2v) is 8.96. The topological polar surface area (TPSA) is 76.5 Å². The quantitative estimate of drug-likeness (QED) is 0.814. The first kappa shape index (κ1) is 20.0. The number of aromatic nitrogens is 2. The fraction of sp³-hybridized carbons (Fsp3) is 0.500. The first-order chi connectivity index (χ1) is 12.7. The lowest BCUT2D eigenvalue weighted by Gasteiger charge is -2.30. The minimum absolute atomic E-state index is 0.0720. The van der Waals surface area contributed by atoms with Crippen molar-refractivity contribution in [2.75, 3.05) is 35.9 Å². The highest BCUT2D eigenvalue weighted by molar-refractivity contribution is 7.92. The maximum absolute atomic E-state index is 13.2. The van der Waals surface area contributed by atoms with E-state index in [2.05, 4.69) is 14.7 Å². The Balaban J connectivity index is 2.01. The van der Waals surface area contributed by atoms with Gasteiger partial charge in [-0.25, -0.2) is 8.42 Å². The molecular formula is C18H25ClN4O3S. The molecule has 2 aromatic rings. The SMILES string of the molecule is Cc1nn(C(C)C)c(C)c1S(=O)(=O)Nc1cc(Cl)ccc1N1CCOCC1. The maximum atomic E-state index is 13.2. The van der Waals surface area contributed by atoms with Crippen molar-refractivity contribution >= 4 is 33.0 Å². The summed E-state index contributed by atoms with van der Waals surface area (Å²) in [6, 6.07) is 5.31. The van der Waals surface area contributed by atoms with Gasteiger partial charge in [-0.05, 0) is 45.9 Å². The van der Waals surface area contributed by atoms with Crippen molar-refractivity contribution in [1.82, 2.24) is 9.78 Å². The lowest BCUT2D eigenvalue weighted by Crippen LogP contribution is -2.36. The van der Waals surface area contributed by atoms with E-state index in [1.807, 2.05) is 19.9 Å². The predicted octanol–water partition coefficient (Wildman–Crippen LogP) is 3.37. The van der Waals surface area contributed by atoms with Gasteiger partial charge in [-0.3, -0.25) is 9.40 Å². The Bertz CT molecular complexity index is 934. The molecule has 1 aromatic heterocycles. The third-order valence-electron chi connectivity index (χ3n) is 4.57. The molecule has 0 radical (unpaired) electrons. The summed E-state index contributed by atoms with van der Waals surface area (Å²) in [5, 5.41) is 4.86. The van der Waals surface area contributed by atoms with Gasteiger partial charge in [0.1, 0.15) is 4.90 Å². The normalized spacial score (nSPS) is 15.4. The van der Waals surface area contributed by atoms with Crippen molar-refractivity contribution in [3.8, 4) is 0 Å². The molecule has 1 aliphatic rings. The zero-order valence-corrected chi connectivity index (χ0v) is 17.6. The Morgan fingerprint density at radius 2 is 1.89 bits per heavy atom. The molecule has 0 bridgehead atoms. The molecule has 0 saturated carbocycles.